The summed E-state index contributed by atoms with van der Waals surface area (Å²) in [6, 6.07) is 9.45. The van der Waals surface area contributed by atoms with E-state index in [2.05, 4.69) is 20.6 Å². The van der Waals surface area contributed by atoms with E-state index in [1.165, 1.54) is 37.3 Å². The molecule has 0 unspecified atom stereocenters. The minimum Gasteiger partial charge on any atom is -0.427 e. The number of urea groups is 1. The van der Waals surface area contributed by atoms with Crippen molar-refractivity contribution < 1.29 is 27.5 Å². The molecule has 4 rings (SSSR count). The fourth-order valence-electron chi connectivity index (χ4n) is 3.18. The Morgan fingerprint density at radius 1 is 1.00 bits per heavy atom. The summed E-state index contributed by atoms with van der Waals surface area (Å²) < 4.78 is 43.6. The minimum absolute atomic E-state index is 0.0954. The smallest absolute Gasteiger partial charge is 0.427 e. The predicted molar refractivity (Wildman–Crippen MR) is 119 cm³/mol. The summed E-state index contributed by atoms with van der Waals surface area (Å²) in [7, 11) is 0. The molecule has 0 aliphatic rings. The highest BCUT2D eigenvalue weighted by molar-refractivity contribution is 6.41. The van der Waals surface area contributed by atoms with E-state index in [9.17, 15) is 22.8 Å². The Labute approximate surface area is 193 Å². The highest BCUT2D eigenvalue weighted by Gasteiger charge is 2.34. The van der Waals surface area contributed by atoms with Crippen LogP contribution in [0.1, 0.15) is 12.7 Å². The van der Waals surface area contributed by atoms with E-state index in [1.54, 1.807) is 12.1 Å². The molecule has 4 aromatic rings. The molecule has 3 aromatic carbocycles. The van der Waals surface area contributed by atoms with Crippen molar-refractivity contribution in [1.82, 2.24) is 9.97 Å². The van der Waals surface area contributed by atoms with E-state index in [1.807, 2.05) is 0 Å². The Morgan fingerprint density at radius 3 is 2.45 bits per heavy atom. The third kappa shape index (κ3) is 4.81. The first-order valence-corrected chi connectivity index (χ1v) is 10.0. The van der Waals surface area contributed by atoms with Crippen molar-refractivity contribution in [2.75, 3.05) is 10.6 Å². The Balaban J connectivity index is 1.62. The summed E-state index contributed by atoms with van der Waals surface area (Å²) in [5.41, 5.74) is 0.607. The van der Waals surface area contributed by atoms with Crippen molar-refractivity contribution in [3.05, 3.63) is 58.3 Å². The molecule has 3 N–H and O–H groups in total. The first-order chi connectivity index (χ1) is 15.5. The molecule has 0 aliphatic heterocycles. The van der Waals surface area contributed by atoms with Gasteiger partial charge in [-0.2, -0.15) is 13.2 Å². The number of ether oxygens (including phenoxy) is 1. The number of carbonyl (C=O) groups is 2. The van der Waals surface area contributed by atoms with Crippen molar-refractivity contribution in [2.45, 2.75) is 13.1 Å². The zero-order chi connectivity index (χ0) is 23.9. The van der Waals surface area contributed by atoms with Crippen LogP contribution in [0.25, 0.3) is 21.8 Å². The zero-order valence-corrected chi connectivity index (χ0v) is 18.1. The molecule has 33 heavy (non-hydrogen) atoms. The van der Waals surface area contributed by atoms with Gasteiger partial charge in [0.2, 0.25) is 5.82 Å². The van der Waals surface area contributed by atoms with Crippen LogP contribution in [0.2, 0.25) is 10.0 Å². The van der Waals surface area contributed by atoms with Crippen LogP contribution in [0, 0.1) is 0 Å². The number of amides is 2. The molecule has 0 spiro atoms. The van der Waals surface area contributed by atoms with Crippen LogP contribution in [-0.2, 0) is 11.0 Å². The molecule has 1 heterocycles. The standard InChI is InChI=1S/C21H13Cl2F3N4O3/c1-9(31)33-11-3-4-12-13(7-11)18(15(23)8-14(12)22)30-20(32)27-10-2-5-16-17(6-10)29-19(28-16)21(24,25)26/h2-8H,1H3,(H,28,29)(H2,27,30,32). The van der Waals surface area contributed by atoms with Gasteiger partial charge in [-0.15, -0.1) is 0 Å². The van der Waals surface area contributed by atoms with Crippen LogP contribution in [0.3, 0.4) is 0 Å². The Kier molecular flexibility index (Phi) is 5.81. The second kappa shape index (κ2) is 8.45. The molecule has 0 aliphatic carbocycles. The molecule has 0 bridgehead atoms. The number of rotatable bonds is 3. The maximum atomic E-state index is 12.8. The lowest BCUT2D eigenvalue weighted by atomic mass is 10.1. The average Bonchev–Trinajstić information content (AvgIpc) is 3.14. The van der Waals surface area contributed by atoms with Gasteiger partial charge in [-0.3, -0.25) is 4.79 Å². The number of nitrogens with zero attached hydrogens (tertiary/aromatic N) is 1. The predicted octanol–water partition coefficient (Wildman–Crippen LogP) is 6.61. The summed E-state index contributed by atoms with van der Waals surface area (Å²) in [5.74, 6) is -1.44. The number of imidazole rings is 1. The summed E-state index contributed by atoms with van der Waals surface area (Å²) in [6.07, 6.45) is -4.62. The lowest BCUT2D eigenvalue weighted by Gasteiger charge is -2.14. The van der Waals surface area contributed by atoms with Gasteiger partial charge in [0.05, 0.1) is 26.8 Å². The zero-order valence-electron chi connectivity index (χ0n) is 16.6. The van der Waals surface area contributed by atoms with Crippen molar-refractivity contribution in [1.29, 1.82) is 0 Å². The molecule has 12 heteroatoms. The Morgan fingerprint density at radius 2 is 1.76 bits per heavy atom. The third-order valence-corrected chi connectivity index (χ3v) is 5.13. The van der Waals surface area contributed by atoms with E-state index < -0.39 is 24.0 Å². The average molecular weight is 497 g/mol. The van der Waals surface area contributed by atoms with Gasteiger partial charge in [0.1, 0.15) is 5.75 Å². The van der Waals surface area contributed by atoms with E-state index >= 15 is 0 Å². The van der Waals surface area contributed by atoms with Crippen LogP contribution >= 0.6 is 23.2 Å². The molecule has 0 saturated carbocycles. The highest BCUT2D eigenvalue weighted by Crippen LogP contribution is 2.38. The van der Waals surface area contributed by atoms with E-state index in [0.717, 1.165) is 0 Å². The fraction of sp³-hybridized carbons (Fsp3) is 0.0952. The van der Waals surface area contributed by atoms with Crippen LogP contribution in [-0.4, -0.2) is 22.0 Å². The van der Waals surface area contributed by atoms with Gasteiger partial charge in [-0.05, 0) is 42.5 Å². The molecular formula is C21H13Cl2F3N4O3. The third-order valence-electron chi connectivity index (χ3n) is 4.52. The number of carbonyl (C=O) groups excluding carboxylic acids is 2. The molecule has 170 valence electrons. The van der Waals surface area contributed by atoms with Crippen LogP contribution in [0.15, 0.2) is 42.5 Å². The molecule has 0 radical (unpaired) electrons. The van der Waals surface area contributed by atoms with Crippen LogP contribution < -0.4 is 15.4 Å². The lowest BCUT2D eigenvalue weighted by Crippen LogP contribution is -2.19. The normalized spacial score (nSPS) is 11.6. The molecule has 0 atom stereocenters. The van der Waals surface area contributed by atoms with E-state index in [0.29, 0.717) is 15.8 Å². The van der Waals surface area contributed by atoms with Crippen LogP contribution in [0.5, 0.6) is 5.75 Å². The number of aromatic amines is 1. The largest absolute Gasteiger partial charge is 0.449 e. The SMILES string of the molecule is CC(=O)Oc1ccc2c(Cl)cc(Cl)c(NC(=O)Nc3ccc4nc(C(F)(F)F)[nH]c4c3)c2c1. The summed E-state index contributed by atoms with van der Waals surface area (Å²) in [4.78, 5) is 29.6. The van der Waals surface area contributed by atoms with Gasteiger partial charge in [-0.1, -0.05) is 23.2 Å². The number of hydrogen-bond acceptors (Lipinski definition) is 4. The molecule has 7 nitrogen and oxygen atoms in total. The van der Waals surface area contributed by atoms with E-state index in [-0.39, 0.29) is 33.2 Å². The Bertz CT molecular complexity index is 1420. The second-order valence-corrected chi connectivity index (χ2v) is 7.72. The lowest BCUT2D eigenvalue weighted by molar-refractivity contribution is -0.144. The maximum absolute atomic E-state index is 12.8. The molecule has 2 amide bonds. The number of anilines is 2. The summed E-state index contributed by atoms with van der Waals surface area (Å²) in [6.45, 7) is 1.25. The van der Waals surface area contributed by atoms with Gasteiger partial charge < -0.3 is 20.4 Å². The quantitative estimate of drug-likeness (QED) is 0.219. The van der Waals surface area contributed by atoms with E-state index in [4.69, 9.17) is 27.9 Å². The summed E-state index contributed by atoms with van der Waals surface area (Å²) in [5, 5.41) is 6.54. The number of esters is 1. The first kappa shape index (κ1) is 22.7. The van der Waals surface area contributed by atoms with Crippen molar-refractivity contribution >= 4 is 68.4 Å². The topological polar surface area (TPSA) is 96.1 Å². The Hall–Kier alpha value is -3.50. The maximum Gasteiger partial charge on any atom is 0.449 e. The number of alkyl halides is 3. The number of hydrogen-bond donors (Lipinski definition) is 3. The molecule has 1 aromatic heterocycles. The number of H-pyrrole nitrogens is 1. The van der Waals surface area contributed by atoms with Gasteiger partial charge >= 0.3 is 18.2 Å². The van der Waals surface area contributed by atoms with Gasteiger partial charge in [0.25, 0.3) is 0 Å². The van der Waals surface area contributed by atoms with Crippen molar-refractivity contribution in [2.24, 2.45) is 0 Å². The number of halogens is 5. The summed E-state index contributed by atoms with van der Waals surface area (Å²) >= 11 is 12.5. The van der Waals surface area contributed by atoms with Gasteiger partial charge in [0, 0.05) is 23.4 Å². The van der Waals surface area contributed by atoms with Crippen LogP contribution in [0.4, 0.5) is 29.3 Å². The van der Waals surface area contributed by atoms with Gasteiger partial charge in [-0.25, -0.2) is 9.78 Å². The number of benzene rings is 3. The van der Waals surface area contributed by atoms with Gasteiger partial charge in [0.15, 0.2) is 0 Å². The van der Waals surface area contributed by atoms with Crippen molar-refractivity contribution in [3.8, 4) is 5.75 Å². The molecule has 0 fully saturated rings. The van der Waals surface area contributed by atoms with Crippen molar-refractivity contribution in [3.63, 3.8) is 0 Å². The first-order valence-electron chi connectivity index (χ1n) is 9.26. The fourth-order valence-corrected chi connectivity index (χ4v) is 3.77. The monoisotopic (exact) mass is 496 g/mol. The molecular weight excluding hydrogens is 484 g/mol. The number of fused-ring (bicyclic) bond motifs is 2. The second-order valence-electron chi connectivity index (χ2n) is 6.91. The minimum atomic E-state index is -4.62. The highest BCUT2D eigenvalue weighted by atomic mass is 35.5. The number of nitrogens with one attached hydrogen (secondary N) is 3. The molecule has 0 saturated heterocycles. The number of aromatic nitrogens is 2.